The predicted octanol–water partition coefficient (Wildman–Crippen LogP) is 2.75. The molecule has 0 aliphatic carbocycles. The van der Waals surface area contributed by atoms with E-state index in [2.05, 4.69) is 0 Å². The molecular weight excluding hydrogens is 224 g/mol. The van der Waals surface area contributed by atoms with Crippen LogP contribution in [0, 0.1) is 0 Å². The second kappa shape index (κ2) is 6.45. The Labute approximate surface area is 96.9 Å². The van der Waals surface area contributed by atoms with Gasteiger partial charge < -0.3 is 0 Å². The molecule has 0 aliphatic rings. The molecule has 0 heterocycles. The van der Waals surface area contributed by atoms with Gasteiger partial charge in [-0.2, -0.15) is 8.42 Å². The first kappa shape index (κ1) is 12.9. The van der Waals surface area contributed by atoms with Gasteiger partial charge in [-0.1, -0.05) is 37.3 Å². The molecule has 1 aromatic rings. The van der Waals surface area contributed by atoms with Crippen LogP contribution in [0.2, 0.25) is 0 Å². The summed E-state index contributed by atoms with van der Waals surface area (Å²) in [7, 11) is -3.58. The Kier molecular flexibility index (Phi) is 5.22. The van der Waals surface area contributed by atoms with Crippen LogP contribution in [-0.2, 0) is 14.3 Å². The summed E-state index contributed by atoms with van der Waals surface area (Å²) in [5, 5.41) is 0. The average molecular weight is 240 g/mol. The Morgan fingerprint density at radius 1 is 1.19 bits per heavy atom. The van der Waals surface area contributed by atoms with Crippen molar-refractivity contribution in [2.75, 3.05) is 6.61 Å². The van der Waals surface area contributed by atoms with E-state index in [4.69, 9.17) is 4.18 Å². The average Bonchev–Trinajstić information content (AvgIpc) is 2.30. The molecule has 88 valence electrons. The molecule has 0 saturated heterocycles. The Balaban J connectivity index is 2.51. The number of hydrogen-bond donors (Lipinski definition) is 0. The molecule has 1 aromatic carbocycles. The molecule has 0 amide bonds. The highest BCUT2D eigenvalue weighted by molar-refractivity contribution is 7.86. The zero-order chi connectivity index (χ0) is 11.9. The lowest BCUT2D eigenvalue weighted by atomic mass is 10.3. The minimum Gasteiger partial charge on any atom is -0.266 e. The minimum atomic E-state index is -3.58. The SMILES string of the molecule is CC/C=C\CCOS(=O)(=O)c1ccccc1. The lowest BCUT2D eigenvalue weighted by Gasteiger charge is -2.03. The zero-order valence-electron chi connectivity index (χ0n) is 9.30. The molecule has 0 saturated carbocycles. The Bertz CT molecular complexity index is 421. The molecule has 0 spiro atoms. The second-order valence-corrected chi connectivity index (χ2v) is 4.87. The van der Waals surface area contributed by atoms with Crippen LogP contribution in [0.1, 0.15) is 19.8 Å². The topological polar surface area (TPSA) is 43.4 Å². The maximum Gasteiger partial charge on any atom is 0.296 e. The molecule has 4 heteroatoms. The van der Waals surface area contributed by atoms with E-state index in [0.717, 1.165) is 6.42 Å². The highest BCUT2D eigenvalue weighted by Crippen LogP contribution is 2.11. The van der Waals surface area contributed by atoms with Gasteiger partial charge in [-0.15, -0.1) is 0 Å². The lowest BCUT2D eigenvalue weighted by molar-refractivity contribution is 0.324. The van der Waals surface area contributed by atoms with Gasteiger partial charge >= 0.3 is 0 Å². The van der Waals surface area contributed by atoms with Crippen molar-refractivity contribution in [2.24, 2.45) is 0 Å². The quantitative estimate of drug-likeness (QED) is 0.436. The Morgan fingerprint density at radius 2 is 1.88 bits per heavy atom. The molecule has 0 atom stereocenters. The molecule has 16 heavy (non-hydrogen) atoms. The van der Waals surface area contributed by atoms with E-state index in [-0.39, 0.29) is 11.5 Å². The van der Waals surface area contributed by atoms with Gasteiger partial charge in [0, 0.05) is 0 Å². The van der Waals surface area contributed by atoms with Crippen molar-refractivity contribution in [1.29, 1.82) is 0 Å². The summed E-state index contributed by atoms with van der Waals surface area (Å²) in [5.41, 5.74) is 0. The summed E-state index contributed by atoms with van der Waals surface area (Å²) in [6, 6.07) is 8.16. The van der Waals surface area contributed by atoms with Crippen LogP contribution in [0.3, 0.4) is 0 Å². The van der Waals surface area contributed by atoms with Crippen LogP contribution in [0.15, 0.2) is 47.4 Å². The molecule has 0 fully saturated rings. The maximum absolute atomic E-state index is 11.6. The van der Waals surface area contributed by atoms with Crippen LogP contribution >= 0.6 is 0 Å². The monoisotopic (exact) mass is 240 g/mol. The molecule has 0 radical (unpaired) electrons. The molecule has 3 nitrogen and oxygen atoms in total. The number of rotatable bonds is 6. The third kappa shape index (κ3) is 4.16. The predicted molar refractivity (Wildman–Crippen MR) is 63.6 cm³/mol. The summed E-state index contributed by atoms with van der Waals surface area (Å²) >= 11 is 0. The van der Waals surface area contributed by atoms with Crippen LogP contribution in [0.5, 0.6) is 0 Å². The number of benzene rings is 1. The Hall–Kier alpha value is -1.13. The summed E-state index contributed by atoms with van der Waals surface area (Å²) in [6.07, 6.45) is 5.46. The largest absolute Gasteiger partial charge is 0.296 e. The highest BCUT2D eigenvalue weighted by atomic mass is 32.2. The van der Waals surface area contributed by atoms with E-state index in [1.165, 1.54) is 12.1 Å². The number of allylic oxidation sites excluding steroid dienone is 1. The standard InChI is InChI=1S/C12H16O3S/c1-2-3-4-8-11-15-16(13,14)12-9-6-5-7-10-12/h3-7,9-10H,2,8,11H2,1H3/b4-3-. The van der Waals surface area contributed by atoms with E-state index in [9.17, 15) is 8.42 Å². The Morgan fingerprint density at radius 3 is 2.50 bits per heavy atom. The highest BCUT2D eigenvalue weighted by Gasteiger charge is 2.13. The van der Waals surface area contributed by atoms with E-state index in [1.54, 1.807) is 18.2 Å². The summed E-state index contributed by atoms with van der Waals surface area (Å²) in [4.78, 5) is 0.203. The van der Waals surface area contributed by atoms with Crippen molar-refractivity contribution >= 4 is 10.1 Å². The molecular formula is C12H16O3S. The third-order valence-electron chi connectivity index (χ3n) is 1.96. The molecule has 0 bridgehead atoms. The molecule has 0 unspecified atom stereocenters. The van der Waals surface area contributed by atoms with Crippen molar-refractivity contribution in [3.8, 4) is 0 Å². The van der Waals surface area contributed by atoms with E-state index in [1.807, 2.05) is 19.1 Å². The fourth-order valence-electron chi connectivity index (χ4n) is 1.17. The van der Waals surface area contributed by atoms with Crippen LogP contribution in [0.25, 0.3) is 0 Å². The lowest BCUT2D eigenvalue weighted by Crippen LogP contribution is -2.06. The molecule has 0 aromatic heterocycles. The second-order valence-electron chi connectivity index (χ2n) is 3.26. The fraction of sp³-hybridized carbons (Fsp3) is 0.333. The first-order valence-electron chi connectivity index (χ1n) is 5.26. The first-order valence-corrected chi connectivity index (χ1v) is 6.67. The van der Waals surface area contributed by atoms with Gasteiger partial charge in [-0.05, 0) is 25.0 Å². The molecule has 0 N–H and O–H groups in total. The van der Waals surface area contributed by atoms with E-state index >= 15 is 0 Å². The zero-order valence-corrected chi connectivity index (χ0v) is 10.1. The van der Waals surface area contributed by atoms with Crippen molar-refractivity contribution < 1.29 is 12.6 Å². The van der Waals surface area contributed by atoms with Gasteiger partial charge in [0.1, 0.15) is 0 Å². The summed E-state index contributed by atoms with van der Waals surface area (Å²) in [6.45, 7) is 2.21. The smallest absolute Gasteiger partial charge is 0.266 e. The molecule has 0 aliphatic heterocycles. The third-order valence-corrected chi connectivity index (χ3v) is 3.28. The van der Waals surface area contributed by atoms with Gasteiger partial charge in [0.05, 0.1) is 11.5 Å². The summed E-state index contributed by atoms with van der Waals surface area (Å²) < 4.78 is 28.1. The first-order chi connectivity index (χ1) is 7.67. The van der Waals surface area contributed by atoms with E-state index < -0.39 is 10.1 Å². The van der Waals surface area contributed by atoms with Gasteiger partial charge in [0.25, 0.3) is 10.1 Å². The van der Waals surface area contributed by atoms with Crippen molar-refractivity contribution in [1.82, 2.24) is 0 Å². The van der Waals surface area contributed by atoms with Crippen LogP contribution < -0.4 is 0 Å². The van der Waals surface area contributed by atoms with Crippen LogP contribution in [0.4, 0.5) is 0 Å². The van der Waals surface area contributed by atoms with Crippen molar-refractivity contribution in [3.05, 3.63) is 42.5 Å². The maximum atomic E-state index is 11.6. The van der Waals surface area contributed by atoms with Crippen molar-refractivity contribution in [2.45, 2.75) is 24.7 Å². The fourth-order valence-corrected chi connectivity index (χ4v) is 2.11. The minimum absolute atomic E-state index is 0.188. The van der Waals surface area contributed by atoms with Crippen LogP contribution in [-0.4, -0.2) is 15.0 Å². The normalized spacial score (nSPS) is 12.1. The van der Waals surface area contributed by atoms with Gasteiger partial charge in [-0.25, -0.2) is 0 Å². The summed E-state index contributed by atoms with van der Waals surface area (Å²) in [5.74, 6) is 0. The van der Waals surface area contributed by atoms with Gasteiger partial charge in [-0.3, -0.25) is 4.18 Å². The van der Waals surface area contributed by atoms with Gasteiger partial charge in [0.15, 0.2) is 0 Å². The number of hydrogen-bond acceptors (Lipinski definition) is 3. The van der Waals surface area contributed by atoms with Gasteiger partial charge in [0.2, 0.25) is 0 Å². The van der Waals surface area contributed by atoms with Crippen molar-refractivity contribution in [3.63, 3.8) is 0 Å². The van der Waals surface area contributed by atoms with E-state index in [0.29, 0.717) is 6.42 Å². The molecule has 1 rings (SSSR count).